The molecule has 0 aromatic carbocycles. The Morgan fingerprint density at radius 3 is 2.69 bits per heavy atom. The van der Waals surface area contributed by atoms with Gasteiger partial charge < -0.3 is 10.5 Å². The Bertz CT molecular complexity index is 302. The standard InChI is InChI=1S/C9H11NO3/c1-13-9(12)5-2-6-7(10)3-4-8(6)11/h2,5H,3-4,10H2,1H3/b5-2+. The van der Waals surface area contributed by atoms with Crippen LogP contribution in [0.25, 0.3) is 0 Å². The van der Waals surface area contributed by atoms with Gasteiger partial charge >= 0.3 is 5.97 Å². The van der Waals surface area contributed by atoms with Gasteiger partial charge in [-0.3, -0.25) is 4.79 Å². The Labute approximate surface area is 76.1 Å². The van der Waals surface area contributed by atoms with Gasteiger partial charge in [-0.05, 0) is 12.5 Å². The SMILES string of the molecule is COC(=O)/C=C/C1=C(N)CCC1=O. The molecule has 0 amide bonds. The maximum Gasteiger partial charge on any atom is 0.330 e. The largest absolute Gasteiger partial charge is 0.466 e. The summed E-state index contributed by atoms with van der Waals surface area (Å²) in [5.74, 6) is -0.502. The van der Waals surface area contributed by atoms with Crippen LogP contribution >= 0.6 is 0 Å². The molecule has 0 bridgehead atoms. The number of hydrogen-bond acceptors (Lipinski definition) is 4. The average molecular weight is 181 g/mol. The zero-order valence-corrected chi connectivity index (χ0v) is 7.37. The van der Waals surface area contributed by atoms with E-state index in [4.69, 9.17) is 5.73 Å². The summed E-state index contributed by atoms with van der Waals surface area (Å²) < 4.78 is 4.38. The number of esters is 1. The van der Waals surface area contributed by atoms with Crippen LogP contribution in [-0.2, 0) is 14.3 Å². The third-order valence-corrected chi connectivity index (χ3v) is 1.86. The van der Waals surface area contributed by atoms with Crippen LogP contribution in [0.15, 0.2) is 23.4 Å². The molecule has 4 nitrogen and oxygen atoms in total. The van der Waals surface area contributed by atoms with Crippen LogP contribution in [0.1, 0.15) is 12.8 Å². The number of Topliss-reactive ketones (excluding diaryl/α,β-unsaturated/α-hetero) is 1. The molecule has 0 saturated carbocycles. The van der Waals surface area contributed by atoms with Crippen molar-refractivity contribution in [3.63, 3.8) is 0 Å². The summed E-state index contributed by atoms with van der Waals surface area (Å²) in [6.07, 6.45) is 3.63. The summed E-state index contributed by atoms with van der Waals surface area (Å²) in [4.78, 5) is 21.8. The number of rotatable bonds is 2. The molecule has 0 atom stereocenters. The van der Waals surface area contributed by atoms with Crippen LogP contribution in [0.3, 0.4) is 0 Å². The van der Waals surface area contributed by atoms with E-state index in [1.54, 1.807) is 0 Å². The molecule has 2 N–H and O–H groups in total. The van der Waals surface area contributed by atoms with Crippen LogP contribution in [0.4, 0.5) is 0 Å². The molecule has 0 radical (unpaired) electrons. The van der Waals surface area contributed by atoms with Crippen molar-refractivity contribution in [3.8, 4) is 0 Å². The minimum Gasteiger partial charge on any atom is -0.466 e. The third-order valence-electron chi connectivity index (χ3n) is 1.86. The lowest BCUT2D eigenvalue weighted by molar-refractivity contribution is -0.134. The van der Waals surface area contributed by atoms with Crippen LogP contribution < -0.4 is 5.73 Å². The summed E-state index contributed by atoms with van der Waals surface area (Å²) in [6, 6.07) is 0. The first-order chi connectivity index (χ1) is 6.15. The first-order valence-electron chi connectivity index (χ1n) is 3.93. The van der Waals surface area contributed by atoms with E-state index in [0.717, 1.165) is 0 Å². The molecule has 4 heteroatoms. The highest BCUT2D eigenvalue weighted by Gasteiger charge is 2.18. The van der Waals surface area contributed by atoms with Crippen molar-refractivity contribution in [1.82, 2.24) is 0 Å². The summed E-state index contributed by atoms with van der Waals surface area (Å²) >= 11 is 0. The maximum absolute atomic E-state index is 11.1. The number of carbonyl (C=O) groups is 2. The lowest BCUT2D eigenvalue weighted by Gasteiger charge is -1.93. The van der Waals surface area contributed by atoms with Crippen molar-refractivity contribution < 1.29 is 14.3 Å². The van der Waals surface area contributed by atoms with Crippen molar-refractivity contribution in [2.24, 2.45) is 5.73 Å². The smallest absolute Gasteiger partial charge is 0.330 e. The van der Waals surface area contributed by atoms with Gasteiger partial charge in [0.25, 0.3) is 0 Å². The molecule has 0 heterocycles. The van der Waals surface area contributed by atoms with Gasteiger partial charge in [0.05, 0.1) is 7.11 Å². The predicted molar refractivity (Wildman–Crippen MR) is 46.6 cm³/mol. The van der Waals surface area contributed by atoms with Gasteiger partial charge in [0.1, 0.15) is 0 Å². The van der Waals surface area contributed by atoms with Gasteiger partial charge in [0.2, 0.25) is 0 Å². The summed E-state index contributed by atoms with van der Waals surface area (Å²) in [5, 5.41) is 0. The number of ketones is 1. The molecule has 0 aromatic rings. The molecular formula is C9H11NO3. The van der Waals surface area contributed by atoms with Gasteiger partial charge in [0.15, 0.2) is 5.78 Å². The lowest BCUT2D eigenvalue weighted by Crippen LogP contribution is -2.00. The fourth-order valence-electron chi connectivity index (χ4n) is 1.12. The van der Waals surface area contributed by atoms with Crippen molar-refractivity contribution in [2.75, 3.05) is 7.11 Å². The first kappa shape index (κ1) is 9.51. The topological polar surface area (TPSA) is 69.4 Å². The van der Waals surface area contributed by atoms with Gasteiger partial charge in [-0.15, -0.1) is 0 Å². The van der Waals surface area contributed by atoms with Crippen molar-refractivity contribution >= 4 is 11.8 Å². The van der Waals surface area contributed by atoms with E-state index in [9.17, 15) is 9.59 Å². The van der Waals surface area contributed by atoms with Crippen LogP contribution in [0.5, 0.6) is 0 Å². The molecule has 0 unspecified atom stereocenters. The molecule has 1 aliphatic rings. The highest BCUT2D eigenvalue weighted by Crippen LogP contribution is 2.19. The molecule has 1 aliphatic carbocycles. The zero-order chi connectivity index (χ0) is 9.84. The number of hydrogen-bond donors (Lipinski definition) is 1. The molecule has 0 spiro atoms. The highest BCUT2D eigenvalue weighted by atomic mass is 16.5. The molecule has 0 fully saturated rings. The molecule has 0 aliphatic heterocycles. The number of carbonyl (C=O) groups excluding carboxylic acids is 2. The van der Waals surface area contributed by atoms with Crippen LogP contribution in [0, 0.1) is 0 Å². The van der Waals surface area contributed by atoms with Crippen molar-refractivity contribution in [2.45, 2.75) is 12.8 Å². The van der Waals surface area contributed by atoms with E-state index in [1.165, 1.54) is 19.3 Å². The fourth-order valence-corrected chi connectivity index (χ4v) is 1.12. The number of nitrogens with two attached hydrogens (primary N) is 1. The summed E-state index contributed by atoms with van der Waals surface area (Å²) in [7, 11) is 1.28. The van der Waals surface area contributed by atoms with Crippen molar-refractivity contribution in [3.05, 3.63) is 23.4 Å². The summed E-state index contributed by atoms with van der Waals surface area (Å²) in [5.41, 5.74) is 6.53. The molecule has 13 heavy (non-hydrogen) atoms. The molecular weight excluding hydrogens is 170 g/mol. The third kappa shape index (κ3) is 2.18. The van der Waals surface area contributed by atoms with E-state index < -0.39 is 5.97 Å². The molecule has 70 valence electrons. The van der Waals surface area contributed by atoms with Crippen molar-refractivity contribution in [1.29, 1.82) is 0 Å². The average Bonchev–Trinajstić information content (AvgIpc) is 2.43. The van der Waals surface area contributed by atoms with Gasteiger partial charge in [-0.2, -0.15) is 0 Å². The Hall–Kier alpha value is -1.58. The van der Waals surface area contributed by atoms with E-state index in [-0.39, 0.29) is 5.78 Å². The molecule has 0 saturated heterocycles. The Morgan fingerprint density at radius 1 is 1.54 bits per heavy atom. The number of ether oxygens (including phenoxy) is 1. The Kier molecular flexibility index (Phi) is 2.84. The predicted octanol–water partition coefficient (Wildman–Crippen LogP) is 0.291. The second kappa shape index (κ2) is 3.89. The maximum atomic E-state index is 11.1. The minimum absolute atomic E-state index is 0.0161. The first-order valence-corrected chi connectivity index (χ1v) is 3.93. The van der Waals surface area contributed by atoms with Crippen LogP contribution in [0.2, 0.25) is 0 Å². The van der Waals surface area contributed by atoms with Crippen LogP contribution in [-0.4, -0.2) is 18.9 Å². The summed E-state index contributed by atoms with van der Waals surface area (Å²) in [6.45, 7) is 0. The second-order valence-electron chi connectivity index (χ2n) is 2.72. The second-order valence-corrected chi connectivity index (χ2v) is 2.72. The van der Waals surface area contributed by atoms with E-state index in [1.807, 2.05) is 0 Å². The quantitative estimate of drug-likeness (QED) is 0.491. The Balaban J connectivity index is 2.73. The highest BCUT2D eigenvalue weighted by molar-refractivity contribution is 6.02. The Morgan fingerprint density at radius 2 is 2.23 bits per heavy atom. The van der Waals surface area contributed by atoms with E-state index in [2.05, 4.69) is 4.74 Å². The fraction of sp³-hybridized carbons (Fsp3) is 0.333. The molecule has 0 aromatic heterocycles. The van der Waals surface area contributed by atoms with E-state index >= 15 is 0 Å². The monoisotopic (exact) mass is 181 g/mol. The number of methoxy groups -OCH3 is 1. The normalized spacial score (nSPS) is 17.2. The van der Waals surface area contributed by atoms with Gasteiger partial charge in [-0.25, -0.2) is 4.79 Å². The van der Waals surface area contributed by atoms with Gasteiger partial charge in [0, 0.05) is 23.8 Å². The zero-order valence-electron chi connectivity index (χ0n) is 7.37. The van der Waals surface area contributed by atoms with E-state index in [0.29, 0.717) is 24.1 Å². The van der Waals surface area contributed by atoms with Gasteiger partial charge in [-0.1, -0.05) is 0 Å². The minimum atomic E-state index is -0.486. The number of allylic oxidation sites excluding steroid dienone is 3. The molecule has 1 rings (SSSR count). The lowest BCUT2D eigenvalue weighted by atomic mass is 10.2.